The summed E-state index contributed by atoms with van der Waals surface area (Å²) in [6.45, 7) is 12.0. The van der Waals surface area contributed by atoms with Crippen molar-refractivity contribution < 1.29 is 5.21 Å². The Morgan fingerprint density at radius 3 is 2.50 bits per heavy atom. The van der Waals surface area contributed by atoms with Gasteiger partial charge in [0.15, 0.2) is 0 Å². The van der Waals surface area contributed by atoms with Gasteiger partial charge in [-0.2, -0.15) is 0 Å². The van der Waals surface area contributed by atoms with Crippen molar-refractivity contribution >= 4 is 11.7 Å². The summed E-state index contributed by atoms with van der Waals surface area (Å²) >= 11 is 0. The van der Waals surface area contributed by atoms with Crippen molar-refractivity contribution in [3.05, 3.63) is 23.9 Å². The van der Waals surface area contributed by atoms with Crippen LogP contribution in [0, 0.1) is 5.92 Å². The summed E-state index contributed by atoms with van der Waals surface area (Å²) in [5, 5.41) is 11.8. The fraction of sp³-hybridized carbons (Fsp3) is 0.600. The quantitative estimate of drug-likeness (QED) is 0.376. The van der Waals surface area contributed by atoms with E-state index < -0.39 is 0 Å². The highest BCUT2D eigenvalue weighted by atomic mass is 16.4. The summed E-state index contributed by atoms with van der Waals surface area (Å²) in [6.07, 6.45) is 1.92. The standard InChI is InChI=1S/C15H26N4O/c1-6-19(10-11(2)14(16)18-20)13-8-7-12(9-17-13)15(3,4)5/h7-9,11,20H,6,10H2,1-5H3,(H2,16,18). The third-order valence-corrected chi connectivity index (χ3v) is 3.43. The van der Waals surface area contributed by atoms with Crippen molar-refractivity contribution in [3.8, 4) is 0 Å². The second-order valence-corrected chi connectivity index (χ2v) is 6.12. The molecule has 1 aromatic rings. The van der Waals surface area contributed by atoms with E-state index >= 15 is 0 Å². The van der Waals surface area contributed by atoms with Crippen LogP contribution in [-0.4, -0.2) is 29.1 Å². The maximum absolute atomic E-state index is 8.72. The van der Waals surface area contributed by atoms with Crippen molar-refractivity contribution in [2.45, 2.75) is 40.0 Å². The molecule has 0 fully saturated rings. The van der Waals surface area contributed by atoms with Crippen molar-refractivity contribution in [3.63, 3.8) is 0 Å². The molecule has 3 N–H and O–H groups in total. The largest absolute Gasteiger partial charge is 0.409 e. The van der Waals surface area contributed by atoms with Gasteiger partial charge in [-0.3, -0.25) is 0 Å². The van der Waals surface area contributed by atoms with Gasteiger partial charge in [0.05, 0.1) is 0 Å². The highest BCUT2D eigenvalue weighted by Gasteiger charge is 2.17. The molecule has 1 unspecified atom stereocenters. The van der Waals surface area contributed by atoms with Crippen LogP contribution in [0.1, 0.15) is 40.2 Å². The first-order chi connectivity index (χ1) is 9.29. The van der Waals surface area contributed by atoms with Gasteiger partial charge in [0.25, 0.3) is 0 Å². The fourth-order valence-electron chi connectivity index (χ4n) is 1.92. The van der Waals surface area contributed by atoms with E-state index in [-0.39, 0.29) is 17.2 Å². The summed E-state index contributed by atoms with van der Waals surface area (Å²) in [5.41, 5.74) is 6.94. The second-order valence-electron chi connectivity index (χ2n) is 6.12. The molecule has 0 aliphatic heterocycles. The molecular weight excluding hydrogens is 252 g/mol. The molecule has 0 aliphatic rings. The molecule has 5 heteroatoms. The van der Waals surface area contributed by atoms with Crippen LogP contribution < -0.4 is 10.6 Å². The van der Waals surface area contributed by atoms with Gasteiger partial charge in [0.2, 0.25) is 0 Å². The van der Waals surface area contributed by atoms with Crippen molar-refractivity contribution in [1.82, 2.24) is 4.98 Å². The Hall–Kier alpha value is -1.78. The molecule has 0 saturated carbocycles. The van der Waals surface area contributed by atoms with E-state index in [0.717, 1.165) is 12.4 Å². The van der Waals surface area contributed by atoms with Gasteiger partial charge >= 0.3 is 0 Å². The minimum atomic E-state index is -0.0240. The summed E-state index contributed by atoms with van der Waals surface area (Å²) in [4.78, 5) is 6.66. The molecule has 0 radical (unpaired) electrons. The molecule has 1 heterocycles. The third kappa shape index (κ3) is 4.11. The molecule has 0 spiro atoms. The summed E-state index contributed by atoms with van der Waals surface area (Å²) in [7, 11) is 0. The Balaban J connectivity index is 2.86. The molecule has 20 heavy (non-hydrogen) atoms. The van der Waals surface area contributed by atoms with E-state index in [4.69, 9.17) is 10.9 Å². The first kappa shape index (κ1) is 16.3. The smallest absolute Gasteiger partial charge is 0.143 e. The average Bonchev–Trinajstić information content (AvgIpc) is 2.42. The van der Waals surface area contributed by atoms with E-state index in [1.165, 1.54) is 5.56 Å². The lowest BCUT2D eigenvalue weighted by atomic mass is 9.88. The van der Waals surface area contributed by atoms with E-state index in [0.29, 0.717) is 6.54 Å². The van der Waals surface area contributed by atoms with Crippen LogP contribution in [0.15, 0.2) is 23.5 Å². The number of aromatic nitrogens is 1. The third-order valence-electron chi connectivity index (χ3n) is 3.43. The van der Waals surface area contributed by atoms with Gasteiger partial charge in [0, 0.05) is 25.2 Å². The highest BCUT2D eigenvalue weighted by Crippen LogP contribution is 2.23. The number of anilines is 1. The van der Waals surface area contributed by atoms with Crippen LogP contribution in [0.5, 0.6) is 0 Å². The topological polar surface area (TPSA) is 74.7 Å². The average molecular weight is 278 g/mol. The zero-order chi connectivity index (χ0) is 15.3. The van der Waals surface area contributed by atoms with Crippen molar-refractivity contribution in [1.29, 1.82) is 0 Å². The minimum Gasteiger partial charge on any atom is -0.409 e. The van der Waals surface area contributed by atoms with Crippen LogP contribution in [0.2, 0.25) is 0 Å². The Kier molecular flexibility index (Phi) is 5.36. The Bertz CT molecular complexity index is 448. The number of rotatable bonds is 5. The van der Waals surface area contributed by atoms with Crippen LogP contribution in [0.3, 0.4) is 0 Å². The molecule has 0 aromatic carbocycles. The van der Waals surface area contributed by atoms with Gasteiger partial charge in [-0.05, 0) is 24.0 Å². The Morgan fingerprint density at radius 2 is 2.10 bits per heavy atom. The predicted octanol–water partition coefficient (Wildman–Crippen LogP) is 2.59. The minimum absolute atomic E-state index is 0.0240. The summed E-state index contributed by atoms with van der Waals surface area (Å²) in [5.74, 6) is 1.14. The number of hydrogen-bond donors (Lipinski definition) is 2. The fourth-order valence-corrected chi connectivity index (χ4v) is 1.92. The normalized spacial score (nSPS) is 14.2. The summed E-state index contributed by atoms with van der Waals surface area (Å²) in [6, 6.07) is 4.14. The van der Waals surface area contributed by atoms with E-state index in [9.17, 15) is 0 Å². The number of nitrogens with zero attached hydrogens (tertiary/aromatic N) is 3. The predicted molar refractivity (Wildman–Crippen MR) is 83.4 cm³/mol. The maximum atomic E-state index is 8.72. The lowest BCUT2D eigenvalue weighted by Crippen LogP contribution is -2.35. The summed E-state index contributed by atoms with van der Waals surface area (Å²) < 4.78 is 0. The van der Waals surface area contributed by atoms with Gasteiger partial charge < -0.3 is 15.8 Å². The van der Waals surface area contributed by atoms with Crippen LogP contribution in [0.4, 0.5) is 5.82 Å². The monoisotopic (exact) mass is 278 g/mol. The van der Waals surface area contributed by atoms with Gasteiger partial charge in [-0.1, -0.05) is 38.9 Å². The van der Waals surface area contributed by atoms with Crippen molar-refractivity contribution in [2.75, 3.05) is 18.0 Å². The van der Waals surface area contributed by atoms with Crippen LogP contribution >= 0.6 is 0 Å². The SMILES string of the molecule is CCN(CC(C)/C(N)=N/O)c1ccc(C(C)(C)C)cn1. The highest BCUT2D eigenvalue weighted by molar-refractivity contribution is 5.82. The molecule has 0 aliphatic carbocycles. The number of pyridine rings is 1. The molecule has 0 amide bonds. The zero-order valence-electron chi connectivity index (χ0n) is 13.1. The number of nitrogens with two attached hydrogens (primary N) is 1. The Morgan fingerprint density at radius 1 is 1.45 bits per heavy atom. The molecule has 0 bridgehead atoms. The second kappa shape index (κ2) is 6.59. The first-order valence-electron chi connectivity index (χ1n) is 6.98. The van der Waals surface area contributed by atoms with Crippen molar-refractivity contribution in [2.24, 2.45) is 16.8 Å². The van der Waals surface area contributed by atoms with E-state index in [1.54, 1.807) is 0 Å². The lowest BCUT2D eigenvalue weighted by Gasteiger charge is -2.26. The first-order valence-corrected chi connectivity index (χ1v) is 6.98. The maximum Gasteiger partial charge on any atom is 0.143 e. The van der Waals surface area contributed by atoms with Gasteiger partial charge in [-0.15, -0.1) is 0 Å². The van der Waals surface area contributed by atoms with E-state index in [1.807, 2.05) is 19.2 Å². The molecular formula is C15H26N4O. The molecule has 112 valence electrons. The number of oxime groups is 1. The lowest BCUT2D eigenvalue weighted by molar-refractivity contribution is 0.314. The number of amidine groups is 1. The van der Waals surface area contributed by atoms with E-state index in [2.05, 4.69) is 48.8 Å². The molecule has 5 nitrogen and oxygen atoms in total. The molecule has 1 rings (SSSR count). The zero-order valence-corrected chi connectivity index (χ0v) is 13.1. The Labute approximate surface area is 121 Å². The van der Waals surface area contributed by atoms with Gasteiger partial charge in [-0.25, -0.2) is 4.98 Å². The van der Waals surface area contributed by atoms with Gasteiger partial charge in [0.1, 0.15) is 11.7 Å². The molecule has 1 aromatic heterocycles. The van der Waals surface area contributed by atoms with Crippen LogP contribution in [-0.2, 0) is 5.41 Å². The number of hydrogen-bond acceptors (Lipinski definition) is 4. The van der Waals surface area contributed by atoms with Crippen LogP contribution in [0.25, 0.3) is 0 Å². The molecule has 0 saturated heterocycles. The molecule has 1 atom stereocenters.